The van der Waals surface area contributed by atoms with E-state index in [1.165, 1.54) is 0 Å². The number of carboxylic acid groups (broad SMARTS) is 1. The molecule has 0 spiro atoms. The van der Waals surface area contributed by atoms with Crippen molar-refractivity contribution in [2.75, 3.05) is 0 Å². The van der Waals surface area contributed by atoms with Crippen LogP contribution in [0.5, 0.6) is 0 Å². The molecule has 2 atom stereocenters. The number of hydrogen-bond donors (Lipinski definition) is 2. The zero-order valence-corrected chi connectivity index (χ0v) is 7.74. The number of rotatable bonds is 4. The Kier molecular flexibility index (Phi) is 3.80. The number of carbonyl (C=O) groups is 1. The van der Waals surface area contributed by atoms with Crippen LogP contribution in [0.2, 0.25) is 0 Å². The first-order valence-corrected chi connectivity index (χ1v) is 3.98. The van der Waals surface area contributed by atoms with Crippen LogP contribution in [0.25, 0.3) is 0 Å². The fourth-order valence-electron chi connectivity index (χ4n) is 1.28. The summed E-state index contributed by atoms with van der Waals surface area (Å²) in [5.74, 6) is -1.88. The monoisotopic (exact) mass is 172 g/mol. The normalized spacial score (nSPS) is 15.7. The minimum atomic E-state index is -0.882. The van der Waals surface area contributed by atoms with Crippen molar-refractivity contribution in [2.24, 2.45) is 17.8 Å². The molecule has 0 aromatic carbocycles. The third kappa shape index (κ3) is 2.57. The number of hydrogen-bond acceptors (Lipinski definition) is 2. The quantitative estimate of drug-likeness (QED) is 0.638. The molecule has 3 nitrogen and oxygen atoms in total. The highest BCUT2D eigenvalue weighted by Gasteiger charge is 2.29. The Balaban J connectivity index is 4.51. The maximum absolute atomic E-state index is 10.7. The van der Waals surface area contributed by atoms with Gasteiger partial charge in [-0.25, -0.2) is 0 Å². The minimum Gasteiger partial charge on any atom is -0.513 e. The van der Waals surface area contributed by atoms with Gasteiger partial charge in [0.2, 0.25) is 0 Å². The molecule has 2 N–H and O–H groups in total. The molecule has 70 valence electrons. The first-order valence-electron chi connectivity index (χ1n) is 3.98. The van der Waals surface area contributed by atoms with Gasteiger partial charge in [0.15, 0.2) is 0 Å². The highest BCUT2D eigenvalue weighted by molar-refractivity contribution is 5.71. The predicted molar refractivity (Wildman–Crippen MR) is 46.9 cm³/mol. The Hall–Kier alpha value is -0.990. The van der Waals surface area contributed by atoms with Crippen molar-refractivity contribution >= 4 is 5.97 Å². The van der Waals surface area contributed by atoms with E-state index in [4.69, 9.17) is 10.2 Å². The van der Waals surface area contributed by atoms with Crippen molar-refractivity contribution in [1.82, 2.24) is 0 Å². The van der Waals surface area contributed by atoms with Crippen molar-refractivity contribution in [2.45, 2.75) is 20.8 Å². The summed E-state index contributed by atoms with van der Waals surface area (Å²) < 4.78 is 0. The summed E-state index contributed by atoms with van der Waals surface area (Å²) in [7, 11) is 0. The van der Waals surface area contributed by atoms with Crippen LogP contribution in [0.1, 0.15) is 20.8 Å². The van der Waals surface area contributed by atoms with Crippen LogP contribution in [0, 0.1) is 17.8 Å². The molecule has 0 heterocycles. The topological polar surface area (TPSA) is 57.5 Å². The lowest BCUT2D eigenvalue weighted by molar-refractivity contribution is -0.145. The SMILES string of the molecule is C=C(O)C(C)C(C(=O)O)C(C)C. The molecular weight excluding hydrogens is 156 g/mol. The third-order valence-corrected chi connectivity index (χ3v) is 2.07. The van der Waals surface area contributed by atoms with Crippen LogP contribution in [-0.4, -0.2) is 16.2 Å². The first-order chi connectivity index (χ1) is 5.37. The highest BCUT2D eigenvalue weighted by Crippen LogP contribution is 2.24. The number of allylic oxidation sites excluding steroid dienone is 1. The average molecular weight is 172 g/mol. The Bertz CT molecular complexity index is 184. The van der Waals surface area contributed by atoms with Gasteiger partial charge in [0.1, 0.15) is 0 Å². The molecule has 0 saturated heterocycles. The van der Waals surface area contributed by atoms with Crippen molar-refractivity contribution in [3.63, 3.8) is 0 Å². The largest absolute Gasteiger partial charge is 0.513 e. The van der Waals surface area contributed by atoms with E-state index in [0.717, 1.165) is 0 Å². The number of aliphatic hydroxyl groups excluding tert-OH is 1. The van der Waals surface area contributed by atoms with E-state index >= 15 is 0 Å². The molecule has 0 aliphatic heterocycles. The van der Waals surface area contributed by atoms with Gasteiger partial charge in [0.25, 0.3) is 0 Å². The third-order valence-electron chi connectivity index (χ3n) is 2.07. The molecule has 0 bridgehead atoms. The lowest BCUT2D eigenvalue weighted by Crippen LogP contribution is -2.27. The summed E-state index contributed by atoms with van der Waals surface area (Å²) >= 11 is 0. The summed E-state index contributed by atoms with van der Waals surface area (Å²) in [6, 6.07) is 0. The minimum absolute atomic E-state index is 0.00130. The van der Waals surface area contributed by atoms with Crippen LogP contribution < -0.4 is 0 Å². The van der Waals surface area contributed by atoms with Gasteiger partial charge in [-0.3, -0.25) is 4.79 Å². The number of aliphatic carboxylic acids is 1. The second-order valence-electron chi connectivity index (χ2n) is 3.39. The maximum atomic E-state index is 10.7. The number of aliphatic hydroxyl groups is 1. The van der Waals surface area contributed by atoms with Gasteiger partial charge in [-0.15, -0.1) is 0 Å². The molecule has 0 aliphatic carbocycles. The van der Waals surface area contributed by atoms with Crippen molar-refractivity contribution < 1.29 is 15.0 Å². The zero-order valence-electron chi connectivity index (χ0n) is 7.74. The molecule has 2 unspecified atom stereocenters. The standard InChI is InChI=1S/C9H16O3/c1-5(2)8(9(11)12)6(3)7(4)10/h5-6,8,10H,4H2,1-3H3,(H,11,12). The highest BCUT2D eigenvalue weighted by atomic mass is 16.4. The van der Waals surface area contributed by atoms with Crippen LogP contribution in [0.3, 0.4) is 0 Å². The van der Waals surface area contributed by atoms with Gasteiger partial charge in [0, 0.05) is 5.92 Å². The Labute approximate surface area is 72.7 Å². The molecule has 0 aliphatic rings. The van der Waals surface area contributed by atoms with Gasteiger partial charge < -0.3 is 10.2 Å². The number of carboxylic acids is 1. The van der Waals surface area contributed by atoms with Gasteiger partial charge in [-0.1, -0.05) is 27.4 Å². The van der Waals surface area contributed by atoms with E-state index in [0.29, 0.717) is 0 Å². The van der Waals surface area contributed by atoms with E-state index in [2.05, 4.69) is 6.58 Å². The van der Waals surface area contributed by atoms with Crippen molar-refractivity contribution in [1.29, 1.82) is 0 Å². The summed E-state index contributed by atoms with van der Waals surface area (Å²) in [6.07, 6.45) is 0. The van der Waals surface area contributed by atoms with E-state index in [-0.39, 0.29) is 17.6 Å². The van der Waals surface area contributed by atoms with Crippen molar-refractivity contribution in [3.05, 3.63) is 12.3 Å². The molecule has 0 fully saturated rings. The molecule has 3 heteroatoms. The van der Waals surface area contributed by atoms with Crippen LogP contribution in [0.4, 0.5) is 0 Å². The lowest BCUT2D eigenvalue weighted by atomic mass is 9.84. The first kappa shape index (κ1) is 11.0. The Morgan fingerprint density at radius 3 is 1.75 bits per heavy atom. The smallest absolute Gasteiger partial charge is 0.307 e. The van der Waals surface area contributed by atoms with Gasteiger partial charge in [0.05, 0.1) is 11.7 Å². The van der Waals surface area contributed by atoms with E-state index in [1.54, 1.807) is 6.92 Å². The van der Waals surface area contributed by atoms with Gasteiger partial charge >= 0.3 is 5.97 Å². The van der Waals surface area contributed by atoms with Crippen LogP contribution in [-0.2, 0) is 4.79 Å². The molecule has 0 amide bonds. The summed E-state index contributed by atoms with van der Waals surface area (Å²) in [5, 5.41) is 17.8. The molecule has 0 radical (unpaired) electrons. The van der Waals surface area contributed by atoms with E-state index in [9.17, 15) is 4.79 Å². The molecule has 0 aromatic heterocycles. The fraction of sp³-hybridized carbons (Fsp3) is 0.667. The Morgan fingerprint density at radius 2 is 1.67 bits per heavy atom. The maximum Gasteiger partial charge on any atom is 0.307 e. The zero-order chi connectivity index (χ0) is 9.89. The second-order valence-corrected chi connectivity index (χ2v) is 3.39. The summed E-state index contributed by atoms with van der Waals surface area (Å²) in [5.41, 5.74) is 0. The van der Waals surface area contributed by atoms with E-state index in [1.807, 2.05) is 13.8 Å². The summed E-state index contributed by atoms with van der Waals surface area (Å²) in [6.45, 7) is 8.64. The predicted octanol–water partition coefficient (Wildman–Crippen LogP) is 2.05. The molecule has 0 aromatic rings. The van der Waals surface area contributed by atoms with Crippen molar-refractivity contribution in [3.8, 4) is 0 Å². The van der Waals surface area contributed by atoms with Crippen LogP contribution >= 0.6 is 0 Å². The Morgan fingerprint density at radius 1 is 1.25 bits per heavy atom. The van der Waals surface area contributed by atoms with Crippen LogP contribution in [0.15, 0.2) is 12.3 Å². The summed E-state index contributed by atoms with van der Waals surface area (Å²) in [4.78, 5) is 10.7. The average Bonchev–Trinajstić information content (AvgIpc) is 1.85. The molecular formula is C9H16O3. The van der Waals surface area contributed by atoms with Gasteiger partial charge in [-0.05, 0) is 5.92 Å². The fourth-order valence-corrected chi connectivity index (χ4v) is 1.28. The molecule has 0 rings (SSSR count). The lowest BCUT2D eigenvalue weighted by Gasteiger charge is -2.22. The second kappa shape index (κ2) is 4.14. The van der Waals surface area contributed by atoms with Gasteiger partial charge in [-0.2, -0.15) is 0 Å². The van der Waals surface area contributed by atoms with E-state index < -0.39 is 11.9 Å². The molecule has 0 saturated carbocycles. The molecule has 12 heavy (non-hydrogen) atoms.